The Morgan fingerprint density at radius 3 is 2.78 bits per heavy atom. The van der Waals surface area contributed by atoms with Crippen molar-refractivity contribution in [3.8, 4) is 0 Å². The third kappa shape index (κ3) is 4.15. The van der Waals surface area contributed by atoms with Crippen molar-refractivity contribution in [2.24, 2.45) is 0 Å². The van der Waals surface area contributed by atoms with Crippen molar-refractivity contribution in [3.05, 3.63) is 44.9 Å². The number of amides is 1. The lowest BCUT2D eigenvalue weighted by molar-refractivity contribution is 0.0956. The molecule has 5 nitrogen and oxygen atoms in total. The summed E-state index contributed by atoms with van der Waals surface area (Å²) in [7, 11) is 0. The number of aryl methyl sites for hydroxylation is 2. The van der Waals surface area contributed by atoms with Crippen LogP contribution in [-0.2, 0) is 6.54 Å². The normalized spacial score (nSPS) is 11.3. The van der Waals surface area contributed by atoms with Crippen molar-refractivity contribution < 1.29 is 13.6 Å². The largest absolute Gasteiger partial charge is 0.397 e. The highest BCUT2D eigenvalue weighted by Gasteiger charge is 2.20. The lowest BCUT2D eigenvalue weighted by atomic mass is 10.1. The van der Waals surface area contributed by atoms with E-state index in [-0.39, 0.29) is 12.5 Å². The first-order valence-corrected chi connectivity index (χ1v) is 9.88. The molecule has 0 unspecified atom stereocenters. The zero-order chi connectivity index (χ0) is 19.7. The van der Waals surface area contributed by atoms with Crippen LogP contribution in [0.3, 0.4) is 0 Å². The van der Waals surface area contributed by atoms with Crippen LogP contribution < -0.4 is 11.1 Å². The van der Waals surface area contributed by atoms with E-state index < -0.39 is 5.76 Å². The Labute approximate surface area is 167 Å². The summed E-state index contributed by atoms with van der Waals surface area (Å²) in [4.78, 5) is 13.9. The summed E-state index contributed by atoms with van der Waals surface area (Å²) >= 11 is 7.72. The van der Waals surface area contributed by atoms with Gasteiger partial charge in [0.15, 0.2) is 0 Å². The number of nitrogens with zero attached hydrogens (tertiary/aromatic N) is 2. The quantitative estimate of drug-likeness (QED) is 0.571. The molecule has 0 saturated heterocycles. The SMILES string of the molecule is Cc1nnc2sc(C(=O)NCc3ccc(SC(F)F)cc3Cl)c(N)c2c1C. The monoisotopic (exact) mass is 428 g/mol. The van der Waals surface area contributed by atoms with Gasteiger partial charge in [0.2, 0.25) is 0 Å². The number of nitrogens with two attached hydrogens (primary N) is 1. The van der Waals surface area contributed by atoms with E-state index in [1.54, 1.807) is 12.1 Å². The van der Waals surface area contributed by atoms with Crippen LogP contribution in [0.25, 0.3) is 10.2 Å². The molecule has 0 aliphatic heterocycles. The van der Waals surface area contributed by atoms with Crippen LogP contribution in [0.2, 0.25) is 5.02 Å². The van der Waals surface area contributed by atoms with Gasteiger partial charge in [-0.15, -0.1) is 16.4 Å². The van der Waals surface area contributed by atoms with Gasteiger partial charge in [0.25, 0.3) is 11.7 Å². The minimum Gasteiger partial charge on any atom is -0.397 e. The van der Waals surface area contributed by atoms with Crippen LogP contribution in [0.4, 0.5) is 14.5 Å². The van der Waals surface area contributed by atoms with E-state index in [9.17, 15) is 13.6 Å². The molecule has 0 aliphatic carbocycles. The topological polar surface area (TPSA) is 80.9 Å². The van der Waals surface area contributed by atoms with Crippen LogP contribution >= 0.6 is 34.7 Å². The maximum atomic E-state index is 12.6. The van der Waals surface area contributed by atoms with E-state index in [0.29, 0.717) is 42.6 Å². The predicted molar refractivity (Wildman–Crippen MR) is 106 cm³/mol. The molecular formula is C17H15ClF2N4OS2. The fourth-order valence-corrected chi connectivity index (χ4v) is 4.38. The van der Waals surface area contributed by atoms with Gasteiger partial charge >= 0.3 is 0 Å². The number of rotatable bonds is 5. The number of fused-ring (bicyclic) bond motifs is 1. The Balaban J connectivity index is 1.78. The van der Waals surface area contributed by atoms with E-state index in [1.165, 1.54) is 17.4 Å². The van der Waals surface area contributed by atoms with Gasteiger partial charge in [-0.3, -0.25) is 4.79 Å². The molecule has 0 spiro atoms. The third-order valence-corrected chi connectivity index (χ3v) is 6.18. The molecule has 0 bridgehead atoms. The van der Waals surface area contributed by atoms with Crippen LogP contribution in [-0.4, -0.2) is 21.9 Å². The third-order valence-electron chi connectivity index (χ3n) is 4.03. The Hall–Kier alpha value is -1.97. The van der Waals surface area contributed by atoms with Crippen molar-refractivity contribution in [1.82, 2.24) is 15.5 Å². The zero-order valence-corrected chi connectivity index (χ0v) is 16.7. The highest BCUT2D eigenvalue weighted by atomic mass is 35.5. The number of carbonyl (C=O) groups excluding carboxylic acids is 1. The highest BCUT2D eigenvalue weighted by molar-refractivity contribution is 7.99. The molecular weight excluding hydrogens is 414 g/mol. The van der Waals surface area contributed by atoms with Crippen molar-refractivity contribution in [2.45, 2.75) is 31.0 Å². The van der Waals surface area contributed by atoms with E-state index in [1.807, 2.05) is 13.8 Å². The van der Waals surface area contributed by atoms with Gasteiger partial charge in [0, 0.05) is 21.8 Å². The number of anilines is 1. The molecule has 0 saturated carbocycles. The van der Waals surface area contributed by atoms with Crippen molar-refractivity contribution >= 4 is 56.5 Å². The van der Waals surface area contributed by atoms with Crippen LogP contribution in [0.1, 0.15) is 26.5 Å². The molecule has 27 heavy (non-hydrogen) atoms. The van der Waals surface area contributed by atoms with Crippen molar-refractivity contribution in [1.29, 1.82) is 0 Å². The van der Waals surface area contributed by atoms with Gasteiger partial charge in [-0.1, -0.05) is 29.4 Å². The molecule has 2 heterocycles. The predicted octanol–water partition coefficient (Wildman–Crippen LogP) is 4.79. The number of thiophene rings is 1. The van der Waals surface area contributed by atoms with Gasteiger partial charge in [-0.05, 0) is 37.1 Å². The minimum absolute atomic E-state index is 0.147. The number of carbonyl (C=O) groups is 1. The van der Waals surface area contributed by atoms with Gasteiger partial charge in [-0.2, -0.15) is 13.9 Å². The number of hydrogen-bond donors (Lipinski definition) is 2. The molecule has 10 heteroatoms. The Kier molecular flexibility index (Phi) is 5.83. The van der Waals surface area contributed by atoms with E-state index in [4.69, 9.17) is 17.3 Å². The smallest absolute Gasteiger partial charge is 0.288 e. The molecule has 0 radical (unpaired) electrons. The first kappa shape index (κ1) is 19.8. The Bertz CT molecular complexity index is 1030. The zero-order valence-electron chi connectivity index (χ0n) is 14.3. The standard InChI is InChI=1S/C17H15ClF2N4OS2/c1-7-8(2)23-24-16-12(7)13(21)14(27-16)15(25)22-6-9-3-4-10(5-11(9)18)26-17(19)20/h3-5,17H,6,21H2,1-2H3,(H,22,25). The summed E-state index contributed by atoms with van der Waals surface area (Å²) in [6.07, 6.45) is 0. The van der Waals surface area contributed by atoms with E-state index in [0.717, 1.165) is 16.6 Å². The molecule has 1 amide bonds. The average molecular weight is 429 g/mol. The molecule has 1 aromatic carbocycles. The fourth-order valence-electron chi connectivity index (χ4n) is 2.51. The van der Waals surface area contributed by atoms with Crippen LogP contribution in [0, 0.1) is 13.8 Å². The minimum atomic E-state index is -2.52. The van der Waals surface area contributed by atoms with Gasteiger partial charge in [0.05, 0.1) is 11.4 Å². The Morgan fingerprint density at radius 1 is 1.37 bits per heavy atom. The first-order valence-electron chi connectivity index (χ1n) is 7.81. The van der Waals surface area contributed by atoms with Crippen molar-refractivity contribution in [2.75, 3.05) is 5.73 Å². The fraction of sp³-hybridized carbons (Fsp3) is 0.235. The molecule has 142 valence electrons. The number of nitrogens with one attached hydrogen (secondary N) is 1. The van der Waals surface area contributed by atoms with Crippen LogP contribution in [0.15, 0.2) is 23.1 Å². The summed E-state index contributed by atoms with van der Waals surface area (Å²) in [5.41, 5.74) is 8.80. The second kappa shape index (κ2) is 7.95. The number of benzene rings is 1. The van der Waals surface area contributed by atoms with Gasteiger partial charge in [0.1, 0.15) is 9.71 Å². The van der Waals surface area contributed by atoms with Gasteiger partial charge in [-0.25, -0.2) is 0 Å². The number of thioether (sulfide) groups is 1. The number of alkyl halides is 2. The summed E-state index contributed by atoms with van der Waals surface area (Å²) in [5.74, 6) is -2.87. The molecule has 0 aliphatic rings. The summed E-state index contributed by atoms with van der Waals surface area (Å²) < 4.78 is 24.8. The number of nitrogen functional groups attached to an aromatic ring is 1. The number of hydrogen-bond acceptors (Lipinski definition) is 6. The maximum absolute atomic E-state index is 12.6. The maximum Gasteiger partial charge on any atom is 0.288 e. The van der Waals surface area contributed by atoms with Crippen molar-refractivity contribution in [3.63, 3.8) is 0 Å². The molecule has 3 N–H and O–H groups in total. The first-order chi connectivity index (χ1) is 12.8. The summed E-state index contributed by atoms with van der Waals surface area (Å²) in [6, 6.07) is 4.61. The second-order valence-corrected chi connectivity index (χ2v) is 8.22. The average Bonchev–Trinajstić information content (AvgIpc) is 2.94. The second-order valence-electron chi connectivity index (χ2n) is 5.75. The Morgan fingerprint density at radius 2 is 2.11 bits per heavy atom. The number of aromatic nitrogens is 2. The highest BCUT2D eigenvalue weighted by Crippen LogP contribution is 2.35. The van der Waals surface area contributed by atoms with E-state index >= 15 is 0 Å². The molecule has 3 aromatic rings. The van der Waals surface area contributed by atoms with E-state index in [2.05, 4.69) is 15.5 Å². The van der Waals surface area contributed by atoms with Gasteiger partial charge < -0.3 is 11.1 Å². The molecule has 0 fully saturated rings. The summed E-state index contributed by atoms with van der Waals surface area (Å²) in [6.45, 7) is 3.86. The molecule has 2 aromatic heterocycles. The lowest BCUT2D eigenvalue weighted by Crippen LogP contribution is -2.22. The molecule has 0 atom stereocenters. The summed E-state index contributed by atoms with van der Waals surface area (Å²) in [5, 5.41) is 12.0. The molecule has 3 rings (SSSR count). The lowest BCUT2D eigenvalue weighted by Gasteiger charge is -2.08. The number of halogens is 3. The van der Waals surface area contributed by atoms with Crippen LogP contribution in [0.5, 0.6) is 0 Å².